The highest BCUT2D eigenvalue weighted by molar-refractivity contribution is 5.71. The molecule has 1 unspecified atom stereocenters. The van der Waals surface area contributed by atoms with Gasteiger partial charge in [0, 0.05) is 12.6 Å². The lowest BCUT2D eigenvalue weighted by atomic mass is 10.0. The van der Waals surface area contributed by atoms with Crippen molar-refractivity contribution in [2.24, 2.45) is 0 Å². The van der Waals surface area contributed by atoms with Gasteiger partial charge < -0.3 is 15.0 Å². The molecule has 1 aromatic carbocycles. The molecule has 0 heterocycles. The van der Waals surface area contributed by atoms with Crippen molar-refractivity contribution in [2.75, 3.05) is 33.8 Å². The maximum absolute atomic E-state index is 12.7. The third kappa shape index (κ3) is 7.99. The normalized spacial score (nSPS) is 13.2. The van der Waals surface area contributed by atoms with Crippen LogP contribution >= 0.6 is 0 Å². The number of nitrogens with zero attached hydrogens (tertiary/aromatic N) is 1. The topological polar surface area (TPSA) is 41.6 Å². The number of esters is 1. The van der Waals surface area contributed by atoms with Crippen LogP contribution in [0, 0.1) is 0 Å². The highest BCUT2D eigenvalue weighted by Crippen LogP contribution is 2.29. The van der Waals surface area contributed by atoms with Crippen molar-refractivity contribution in [2.45, 2.75) is 25.6 Å². The van der Waals surface area contributed by atoms with Gasteiger partial charge in [-0.15, -0.1) is 0 Å². The molecule has 0 aliphatic carbocycles. The number of hydrogen-bond donors (Lipinski definition) is 1. The van der Waals surface area contributed by atoms with Gasteiger partial charge in [-0.05, 0) is 39.1 Å². The number of hydrogen-bond acceptors (Lipinski definition) is 4. The summed E-state index contributed by atoms with van der Waals surface area (Å²) in [5.74, 6) is -0.372. The lowest BCUT2D eigenvalue weighted by Gasteiger charge is -2.15. The molecule has 4 nitrogen and oxygen atoms in total. The quantitative estimate of drug-likeness (QED) is 0.742. The molecule has 0 radical (unpaired) electrons. The van der Waals surface area contributed by atoms with Gasteiger partial charge in [0.25, 0.3) is 0 Å². The number of carbonyl (C=O) groups excluding carboxylic acids is 1. The largest absolute Gasteiger partial charge is 0.463 e. The first-order chi connectivity index (χ1) is 10.7. The number of carbonyl (C=O) groups is 1. The van der Waals surface area contributed by atoms with Crippen LogP contribution in [0.3, 0.4) is 0 Å². The van der Waals surface area contributed by atoms with Crippen LogP contribution < -0.4 is 5.32 Å². The molecule has 0 saturated carbocycles. The van der Waals surface area contributed by atoms with E-state index >= 15 is 0 Å². The fourth-order valence-corrected chi connectivity index (χ4v) is 1.95. The van der Waals surface area contributed by atoms with Gasteiger partial charge in [-0.2, -0.15) is 13.2 Å². The molecule has 1 atom stereocenters. The maximum Gasteiger partial charge on any atom is 0.416 e. The second-order valence-electron chi connectivity index (χ2n) is 5.71. The van der Waals surface area contributed by atoms with E-state index in [2.05, 4.69) is 5.32 Å². The first kappa shape index (κ1) is 19.4. The first-order valence-electron chi connectivity index (χ1n) is 7.38. The minimum atomic E-state index is -4.34. The Hall–Kier alpha value is -1.60. The molecule has 130 valence electrons. The lowest BCUT2D eigenvalue weighted by Crippen LogP contribution is -2.34. The molecular formula is C16H23F3N2O2. The van der Waals surface area contributed by atoms with Gasteiger partial charge in [-0.25, -0.2) is 0 Å². The molecule has 0 bridgehead atoms. The van der Waals surface area contributed by atoms with Crippen molar-refractivity contribution in [1.29, 1.82) is 0 Å². The zero-order valence-electron chi connectivity index (χ0n) is 13.6. The van der Waals surface area contributed by atoms with E-state index in [9.17, 15) is 18.0 Å². The van der Waals surface area contributed by atoms with Crippen LogP contribution in [-0.4, -0.2) is 50.7 Å². The van der Waals surface area contributed by atoms with Gasteiger partial charge >= 0.3 is 12.1 Å². The average molecular weight is 332 g/mol. The standard InChI is InChI=1S/C16H23F3N2O2/c1-12(20-11-15(22)23-8-7-21(2)3)9-13-5-4-6-14(10-13)16(17,18)19/h4-6,10,12,20H,7-9,11H2,1-3H3. The summed E-state index contributed by atoms with van der Waals surface area (Å²) in [4.78, 5) is 13.4. The van der Waals surface area contributed by atoms with E-state index in [-0.39, 0.29) is 18.6 Å². The number of likely N-dealkylation sites (N-methyl/N-ethyl adjacent to an activating group) is 1. The van der Waals surface area contributed by atoms with E-state index in [1.54, 1.807) is 6.07 Å². The van der Waals surface area contributed by atoms with Crippen LogP contribution in [-0.2, 0) is 22.1 Å². The number of ether oxygens (including phenoxy) is 1. The Morgan fingerprint density at radius 3 is 2.65 bits per heavy atom. The Kier molecular flexibility index (Phi) is 7.51. The van der Waals surface area contributed by atoms with Crippen LogP contribution in [0.1, 0.15) is 18.1 Å². The fraction of sp³-hybridized carbons (Fsp3) is 0.562. The number of alkyl halides is 3. The Labute approximate surface area is 134 Å². The highest BCUT2D eigenvalue weighted by atomic mass is 19.4. The van der Waals surface area contributed by atoms with E-state index in [0.29, 0.717) is 25.1 Å². The summed E-state index contributed by atoms with van der Waals surface area (Å²) in [7, 11) is 3.76. The number of nitrogens with one attached hydrogen (secondary N) is 1. The SMILES string of the molecule is CC(Cc1cccc(C(F)(F)F)c1)NCC(=O)OCCN(C)C. The molecule has 23 heavy (non-hydrogen) atoms. The molecule has 0 aliphatic heterocycles. The minimum absolute atomic E-state index is 0.0353. The van der Waals surface area contributed by atoms with Gasteiger partial charge in [-0.3, -0.25) is 4.79 Å². The maximum atomic E-state index is 12.7. The smallest absolute Gasteiger partial charge is 0.416 e. The van der Waals surface area contributed by atoms with Crippen LogP contribution in [0.4, 0.5) is 13.2 Å². The van der Waals surface area contributed by atoms with Crippen molar-refractivity contribution in [3.05, 3.63) is 35.4 Å². The summed E-state index contributed by atoms with van der Waals surface area (Å²) in [5.41, 5.74) is -0.0916. The molecule has 0 spiro atoms. The molecule has 1 rings (SSSR count). The Bertz CT molecular complexity index is 504. The van der Waals surface area contributed by atoms with Crippen LogP contribution in [0.5, 0.6) is 0 Å². The Morgan fingerprint density at radius 1 is 1.35 bits per heavy atom. The van der Waals surface area contributed by atoms with Gasteiger partial charge in [0.05, 0.1) is 12.1 Å². The van der Waals surface area contributed by atoms with Gasteiger partial charge in [-0.1, -0.05) is 18.2 Å². The summed E-state index contributed by atoms with van der Waals surface area (Å²) in [5, 5.41) is 2.96. The van der Waals surface area contributed by atoms with Crippen molar-refractivity contribution in [3.63, 3.8) is 0 Å². The first-order valence-corrected chi connectivity index (χ1v) is 7.38. The number of halogens is 3. The van der Waals surface area contributed by atoms with Gasteiger partial charge in [0.1, 0.15) is 6.61 Å². The summed E-state index contributed by atoms with van der Waals surface area (Å²) >= 11 is 0. The van der Waals surface area contributed by atoms with Crippen LogP contribution in [0.15, 0.2) is 24.3 Å². The number of benzene rings is 1. The van der Waals surface area contributed by atoms with E-state index in [1.165, 1.54) is 6.07 Å². The van der Waals surface area contributed by atoms with E-state index in [1.807, 2.05) is 25.9 Å². The number of rotatable bonds is 8. The summed E-state index contributed by atoms with van der Waals surface area (Å²) in [6.45, 7) is 2.81. The predicted octanol–water partition coefficient (Wildman–Crippen LogP) is 2.33. The lowest BCUT2D eigenvalue weighted by molar-refractivity contribution is -0.143. The van der Waals surface area contributed by atoms with E-state index in [4.69, 9.17) is 4.74 Å². The summed E-state index contributed by atoms with van der Waals surface area (Å²) < 4.78 is 43.0. The fourth-order valence-electron chi connectivity index (χ4n) is 1.95. The second kappa shape index (κ2) is 8.88. The average Bonchev–Trinajstić information content (AvgIpc) is 2.44. The summed E-state index contributed by atoms with van der Waals surface area (Å²) in [6, 6.07) is 5.07. The highest BCUT2D eigenvalue weighted by Gasteiger charge is 2.30. The molecule has 0 aromatic heterocycles. The van der Waals surface area contributed by atoms with Crippen LogP contribution in [0.25, 0.3) is 0 Å². The monoisotopic (exact) mass is 332 g/mol. The van der Waals surface area contributed by atoms with Gasteiger partial charge in [0.15, 0.2) is 0 Å². The molecule has 1 aromatic rings. The molecule has 0 amide bonds. The summed E-state index contributed by atoms with van der Waals surface area (Å²) in [6.07, 6.45) is -3.95. The zero-order valence-corrected chi connectivity index (χ0v) is 13.6. The third-order valence-electron chi connectivity index (χ3n) is 3.19. The van der Waals surface area contributed by atoms with Crippen LogP contribution in [0.2, 0.25) is 0 Å². The molecule has 7 heteroatoms. The minimum Gasteiger partial charge on any atom is -0.463 e. The van der Waals surface area contributed by atoms with Crippen molar-refractivity contribution >= 4 is 5.97 Å². The zero-order chi connectivity index (χ0) is 17.5. The second-order valence-corrected chi connectivity index (χ2v) is 5.71. The predicted molar refractivity (Wildman–Crippen MR) is 82.1 cm³/mol. The Balaban J connectivity index is 2.39. The van der Waals surface area contributed by atoms with Gasteiger partial charge in [0.2, 0.25) is 0 Å². The van der Waals surface area contributed by atoms with E-state index in [0.717, 1.165) is 12.1 Å². The van der Waals surface area contributed by atoms with Crippen molar-refractivity contribution in [1.82, 2.24) is 10.2 Å². The molecule has 0 saturated heterocycles. The molecule has 1 N–H and O–H groups in total. The third-order valence-corrected chi connectivity index (χ3v) is 3.19. The van der Waals surface area contributed by atoms with Crippen molar-refractivity contribution in [3.8, 4) is 0 Å². The molecular weight excluding hydrogens is 309 g/mol. The Morgan fingerprint density at radius 2 is 2.04 bits per heavy atom. The van der Waals surface area contributed by atoms with Crippen molar-refractivity contribution < 1.29 is 22.7 Å². The molecule has 0 fully saturated rings. The molecule has 0 aliphatic rings. The van der Waals surface area contributed by atoms with E-state index < -0.39 is 11.7 Å².